The second-order valence-electron chi connectivity index (χ2n) is 3.37. The molecule has 16 heavy (non-hydrogen) atoms. The van der Waals surface area contributed by atoms with E-state index in [0.29, 0.717) is 22.6 Å². The van der Waals surface area contributed by atoms with Crippen LogP contribution in [0.2, 0.25) is 0 Å². The molecule has 0 aliphatic heterocycles. The largest absolute Gasteiger partial charge is 0.478 e. The number of hydrogen-bond donors (Lipinski definition) is 1. The van der Waals surface area contributed by atoms with E-state index in [1.165, 1.54) is 0 Å². The van der Waals surface area contributed by atoms with Crippen LogP contribution < -0.4 is 4.74 Å². The lowest BCUT2D eigenvalue weighted by Crippen LogP contribution is -2.02. The zero-order chi connectivity index (χ0) is 11.7. The summed E-state index contributed by atoms with van der Waals surface area (Å²) in [6.45, 7) is 1.91. The molecular weight excluding hydrogens is 274 g/mol. The highest BCUT2D eigenvalue weighted by Gasteiger charge is 2.15. The average Bonchev–Trinajstić information content (AvgIpc) is 2.70. The number of imidazole rings is 1. The van der Waals surface area contributed by atoms with Crippen molar-refractivity contribution in [1.82, 2.24) is 14.4 Å². The SMILES string of the molecule is CCC(O)c1cnc2c(OC)nc(Br)cn12. The smallest absolute Gasteiger partial charge is 0.259 e. The molecule has 0 spiro atoms. The van der Waals surface area contributed by atoms with Crippen LogP contribution in [0.3, 0.4) is 0 Å². The zero-order valence-electron chi connectivity index (χ0n) is 9.01. The third-order valence-corrected chi connectivity index (χ3v) is 2.76. The molecule has 0 fully saturated rings. The van der Waals surface area contributed by atoms with Crippen molar-refractivity contribution in [3.05, 3.63) is 22.7 Å². The van der Waals surface area contributed by atoms with Gasteiger partial charge in [-0.05, 0) is 22.4 Å². The number of aliphatic hydroxyl groups excluding tert-OH is 1. The summed E-state index contributed by atoms with van der Waals surface area (Å²) >= 11 is 3.29. The van der Waals surface area contributed by atoms with Gasteiger partial charge in [0.05, 0.1) is 25.1 Å². The van der Waals surface area contributed by atoms with E-state index in [4.69, 9.17) is 4.74 Å². The van der Waals surface area contributed by atoms with E-state index < -0.39 is 6.10 Å². The number of hydrogen-bond acceptors (Lipinski definition) is 4. The van der Waals surface area contributed by atoms with E-state index >= 15 is 0 Å². The maximum atomic E-state index is 9.83. The maximum absolute atomic E-state index is 9.83. The Hall–Kier alpha value is -1.14. The highest BCUT2D eigenvalue weighted by atomic mass is 79.9. The highest BCUT2D eigenvalue weighted by Crippen LogP contribution is 2.24. The first-order valence-electron chi connectivity index (χ1n) is 4.93. The van der Waals surface area contributed by atoms with Gasteiger partial charge in [0, 0.05) is 6.20 Å². The van der Waals surface area contributed by atoms with Gasteiger partial charge in [-0.3, -0.25) is 4.40 Å². The normalized spacial score (nSPS) is 13.0. The number of ether oxygens (including phenoxy) is 1. The van der Waals surface area contributed by atoms with Gasteiger partial charge in [0.2, 0.25) is 5.65 Å². The lowest BCUT2D eigenvalue weighted by Gasteiger charge is -2.08. The summed E-state index contributed by atoms with van der Waals surface area (Å²) in [7, 11) is 1.54. The third kappa shape index (κ3) is 1.78. The first kappa shape index (κ1) is 11.3. The molecule has 6 heteroatoms. The summed E-state index contributed by atoms with van der Waals surface area (Å²) in [5, 5.41) is 9.83. The van der Waals surface area contributed by atoms with Gasteiger partial charge >= 0.3 is 0 Å². The lowest BCUT2D eigenvalue weighted by atomic mass is 10.2. The van der Waals surface area contributed by atoms with Gasteiger partial charge in [-0.15, -0.1) is 0 Å². The molecule has 0 aliphatic carbocycles. The van der Waals surface area contributed by atoms with Crippen LogP contribution in [0.4, 0.5) is 0 Å². The molecule has 2 heterocycles. The maximum Gasteiger partial charge on any atom is 0.259 e. The van der Waals surface area contributed by atoms with E-state index in [9.17, 15) is 5.11 Å². The predicted octanol–water partition coefficient (Wildman–Crippen LogP) is 1.94. The Kier molecular flexibility index (Phi) is 3.11. The number of fused-ring (bicyclic) bond motifs is 1. The Morgan fingerprint density at radius 2 is 2.38 bits per heavy atom. The van der Waals surface area contributed by atoms with Crippen LogP contribution in [0.25, 0.3) is 5.65 Å². The third-order valence-electron chi connectivity index (χ3n) is 2.38. The van der Waals surface area contributed by atoms with Crippen LogP contribution in [0.15, 0.2) is 17.0 Å². The summed E-state index contributed by atoms with van der Waals surface area (Å²) in [6, 6.07) is 0. The van der Waals surface area contributed by atoms with Crippen molar-refractivity contribution in [2.45, 2.75) is 19.4 Å². The van der Waals surface area contributed by atoms with Crippen LogP contribution in [0.5, 0.6) is 5.88 Å². The number of methoxy groups -OCH3 is 1. The van der Waals surface area contributed by atoms with Gasteiger partial charge in [-0.25, -0.2) is 9.97 Å². The Morgan fingerprint density at radius 1 is 1.62 bits per heavy atom. The summed E-state index contributed by atoms with van der Waals surface area (Å²) in [4.78, 5) is 8.34. The van der Waals surface area contributed by atoms with Gasteiger partial charge < -0.3 is 9.84 Å². The number of aromatic nitrogens is 3. The van der Waals surface area contributed by atoms with Crippen molar-refractivity contribution in [2.24, 2.45) is 0 Å². The summed E-state index contributed by atoms with van der Waals surface area (Å²) in [6.07, 6.45) is 3.50. The molecule has 1 N–H and O–H groups in total. The van der Waals surface area contributed by atoms with Crippen molar-refractivity contribution in [3.63, 3.8) is 0 Å². The molecular formula is C10H12BrN3O2. The molecule has 2 aromatic heterocycles. The predicted molar refractivity (Wildman–Crippen MR) is 62.5 cm³/mol. The van der Waals surface area contributed by atoms with E-state index in [0.717, 1.165) is 5.69 Å². The van der Waals surface area contributed by atoms with Gasteiger partial charge in [0.15, 0.2) is 0 Å². The first-order chi connectivity index (χ1) is 7.67. The molecule has 5 nitrogen and oxygen atoms in total. The van der Waals surface area contributed by atoms with Crippen molar-refractivity contribution in [2.75, 3.05) is 7.11 Å². The summed E-state index contributed by atoms with van der Waals surface area (Å²) in [5.74, 6) is 0.434. The van der Waals surface area contributed by atoms with E-state index in [1.54, 1.807) is 23.9 Å². The van der Waals surface area contributed by atoms with Crippen LogP contribution in [0.1, 0.15) is 25.1 Å². The lowest BCUT2D eigenvalue weighted by molar-refractivity contribution is 0.168. The minimum atomic E-state index is -0.533. The zero-order valence-corrected chi connectivity index (χ0v) is 10.6. The molecule has 2 rings (SSSR count). The molecule has 1 atom stereocenters. The molecule has 0 radical (unpaired) electrons. The Balaban J connectivity index is 2.67. The molecule has 0 aromatic carbocycles. The summed E-state index contributed by atoms with van der Waals surface area (Å²) < 4.78 is 7.55. The van der Waals surface area contributed by atoms with E-state index in [2.05, 4.69) is 25.9 Å². The fourth-order valence-corrected chi connectivity index (χ4v) is 1.91. The summed E-state index contributed by atoms with van der Waals surface area (Å²) in [5.41, 5.74) is 1.34. The van der Waals surface area contributed by atoms with Gasteiger partial charge in [0.25, 0.3) is 5.88 Å². The molecule has 86 valence electrons. The number of aliphatic hydroxyl groups is 1. The Bertz CT molecular complexity index is 512. The number of halogens is 1. The average molecular weight is 286 g/mol. The minimum Gasteiger partial charge on any atom is -0.478 e. The molecule has 0 amide bonds. The van der Waals surface area contributed by atoms with Crippen molar-refractivity contribution >= 4 is 21.6 Å². The first-order valence-corrected chi connectivity index (χ1v) is 5.72. The van der Waals surface area contributed by atoms with Gasteiger partial charge in [0.1, 0.15) is 4.60 Å². The minimum absolute atomic E-state index is 0.434. The standard InChI is InChI=1S/C10H12BrN3O2/c1-3-7(15)6-4-12-9-10(16-2)13-8(11)5-14(6)9/h4-5,7,15H,3H2,1-2H3. The fraction of sp³-hybridized carbons (Fsp3) is 0.400. The van der Waals surface area contributed by atoms with Crippen LogP contribution in [0, 0.1) is 0 Å². The fourth-order valence-electron chi connectivity index (χ4n) is 1.54. The molecule has 1 unspecified atom stereocenters. The Labute approximate surface area is 101 Å². The topological polar surface area (TPSA) is 59.7 Å². The van der Waals surface area contributed by atoms with Crippen molar-refractivity contribution < 1.29 is 9.84 Å². The second-order valence-corrected chi connectivity index (χ2v) is 4.19. The van der Waals surface area contributed by atoms with Crippen molar-refractivity contribution in [3.8, 4) is 5.88 Å². The van der Waals surface area contributed by atoms with Crippen LogP contribution >= 0.6 is 15.9 Å². The second kappa shape index (κ2) is 4.39. The van der Waals surface area contributed by atoms with Crippen molar-refractivity contribution in [1.29, 1.82) is 0 Å². The number of rotatable bonds is 3. The highest BCUT2D eigenvalue weighted by molar-refractivity contribution is 9.10. The van der Waals surface area contributed by atoms with Gasteiger partial charge in [-0.1, -0.05) is 6.92 Å². The molecule has 0 aliphatic rings. The quantitative estimate of drug-likeness (QED) is 0.936. The monoisotopic (exact) mass is 285 g/mol. The number of nitrogens with zero attached hydrogens (tertiary/aromatic N) is 3. The van der Waals surface area contributed by atoms with E-state index in [-0.39, 0.29) is 0 Å². The Morgan fingerprint density at radius 3 is 3.00 bits per heavy atom. The molecule has 0 bridgehead atoms. The molecule has 2 aromatic rings. The molecule has 0 saturated carbocycles. The van der Waals surface area contributed by atoms with E-state index in [1.807, 2.05) is 6.92 Å². The van der Waals surface area contributed by atoms with Gasteiger partial charge in [-0.2, -0.15) is 0 Å². The van der Waals surface area contributed by atoms with Crippen LogP contribution in [-0.2, 0) is 0 Å². The molecule has 0 saturated heterocycles. The van der Waals surface area contributed by atoms with Crippen LogP contribution in [-0.4, -0.2) is 26.6 Å².